The van der Waals surface area contributed by atoms with Crippen LogP contribution >= 0.6 is 0 Å². The summed E-state index contributed by atoms with van der Waals surface area (Å²) in [5, 5.41) is 9.66. The molecule has 3 aromatic heterocycles. The van der Waals surface area contributed by atoms with Crippen molar-refractivity contribution < 1.29 is 4.74 Å². The van der Waals surface area contributed by atoms with E-state index in [1.165, 1.54) is 16.5 Å². The second-order valence-electron chi connectivity index (χ2n) is 8.93. The van der Waals surface area contributed by atoms with E-state index in [-0.39, 0.29) is 6.04 Å². The minimum absolute atomic E-state index is 0.209. The van der Waals surface area contributed by atoms with E-state index in [0.29, 0.717) is 5.92 Å². The maximum atomic E-state index is 5.73. The lowest BCUT2D eigenvalue weighted by atomic mass is 9.86. The van der Waals surface area contributed by atoms with Crippen LogP contribution in [-0.4, -0.2) is 37.8 Å². The third-order valence-electron chi connectivity index (χ3n) is 6.95. The van der Waals surface area contributed by atoms with Crippen LogP contribution in [0.2, 0.25) is 0 Å². The molecule has 6 rings (SSSR count). The van der Waals surface area contributed by atoms with Gasteiger partial charge in [0.15, 0.2) is 0 Å². The molecule has 2 aromatic carbocycles. The average molecular weight is 438 g/mol. The molecule has 166 valence electrons. The van der Waals surface area contributed by atoms with E-state index >= 15 is 0 Å². The Bertz CT molecular complexity index is 1410. The van der Waals surface area contributed by atoms with Crippen molar-refractivity contribution in [1.29, 1.82) is 0 Å². The Balaban J connectivity index is 1.65. The van der Waals surface area contributed by atoms with Crippen LogP contribution < -0.4 is 0 Å². The lowest BCUT2D eigenvalue weighted by Crippen LogP contribution is -2.26. The van der Waals surface area contributed by atoms with Crippen molar-refractivity contribution >= 4 is 21.9 Å². The molecule has 1 unspecified atom stereocenters. The first-order valence-corrected chi connectivity index (χ1v) is 11.6. The minimum atomic E-state index is 0.209. The van der Waals surface area contributed by atoms with Crippen LogP contribution in [-0.2, 0) is 11.8 Å². The van der Waals surface area contributed by atoms with Crippen LogP contribution in [0.1, 0.15) is 30.1 Å². The summed E-state index contributed by atoms with van der Waals surface area (Å²) in [5.74, 6) is 0.490. The van der Waals surface area contributed by atoms with Crippen molar-refractivity contribution in [3.8, 4) is 11.3 Å². The molecule has 1 aliphatic heterocycles. The number of rotatable bonds is 4. The summed E-state index contributed by atoms with van der Waals surface area (Å²) in [6.07, 6.45) is 4.05. The first-order valence-electron chi connectivity index (χ1n) is 11.6. The summed E-state index contributed by atoms with van der Waals surface area (Å²) in [6.45, 7) is 3.62. The van der Waals surface area contributed by atoms with Crippen molar-refractivity contribution in [1.82, 2.24) is 24.5 Å². The molecule has 6 nitrogen and oxygen atoms in total. The summed E-state index contributed by atoms with van der Waals surface area (Å²) in [5.41, 5.74) is 7.68. The molecule has 1 atom stereocenters. The molecule has 4 heterocycles. The molecule has 1 saturated heterocycles. The predicted octanol–water partition coefficient (Wildman–Crippen LogP) is 5.31. The minimum Gasteiger partial charge on any atom is -0.381 e. The zero-order valence-electron chi connectivity index (χ0n) is 19.0. The van der Waals surface area contributed by atoms with E-state index < -0.39 is 0 Å². The van der Waals surface area contributed by atoms with Crippen LogP contribution in [0, 0.1) is 12.8 Å². The van der Waals surface area contributed by atoms with Crippen molar-refractivity contribution in [2.24, 2.45) is 13.0 Å². The number of aromatic nitrogens is 5. The molecular formula is C27H27N5O. The van der Waals surface area contributed by atoms with Crippen LogP contribution in [0.5, 0.6) is 0 Å². The molecule has 5 aromatic rings. The topological polar surface area (TPSA) is 57.8 Å². The Labute approximate surface area is 192 Å². The molecule has 6 heteroatoms. The largest absolute Gasteiger partial charge is 0.381 e. The molecule has 1 aliphatic rings. The highest BCUT2D eigenvalue weighted by Gasteiger charge is 2.30. The third kappa shape index (κ3) is 3.33. The van der Waals surface area contributed by atoms with E-state index in [9.17, 15) is 0 Å². The second kappa shape index (κ2) is 8.12. The van der Waals surface area contributed by atoms with Crippen molar-refractivity contribution in [2.75, 3.05) is 13.2 Å². The molecule has 0 bridgehead atoms. The lowest BCUT2D eigenvalue weighted by Gasteiger charge is -2.33. The quantitative estimate of drug-likeness (QED) is 0.382. The van der Waals surface area contributed by atoms with E-state index in [4.69, 9.17) is 9.72 Å². The van der Waals surface area contributed by atoms with E-state index in [1.807, 2.05) is 24.9 Å². The van der Waals surface area contributed by atoms with Gasteiger partial charge in [-0.25, -0.2) is 4.68 Å². The first kappa shape index (κ1) is 20.1. The van der Waals surface area contributed by atoms with Crippen LogP contribution in [0.25, 0.3) is 33.2 Å². The van der Waals surface area contributed by atoms with E-state index in [1.54, 1.807) is 0 Å². The Hall–Kier alpha value is -3.51. The van der Waals surface area contributed by atoms with Gasteiger partial charge in [-0.2, -0.15) is 0 Å². The summed E-state index contributed by atoms with van der Waals surface area (Å²) >= 11 is 0. The number of para-hydroxylation sites is 1. The van der Waals surface area contributed by atoms with Gasteiger partial charge >= 0.3 is 0 Å². The van der Waals surface area contributed by atoms with Gasteiger partial charge in [-0.05, 0) is 43.4 Å². The number of fused-ring (bicyclic) bond motifs is 3. The Kier molecular flexibility index (Phi) is 4.95. The van der Waals surface area contributed by atoms with Gasteiger partial charge in [0.1, 0.15) is 0 Å². The van der Waals surface area contributed by atoms with Gasteiger partial charge in [0.05, 0.1) is 34.0 Å². The first-order chi connectivity index (χ1) is 16.2. The lowest BCUT2D eigenvalue weighted by molar-refractivity contribution is 0.0553. The number of ether oxygens (including phenoxy) is 1. The fraction of sp³-hybridized carbons (Fsp3) is 0.296. The van der Waals surface area contributed by atoms with E-state index in [2.05, 4.69) is 75.5 Å². The molecule has 0 saturated carbocycles. The molecule has 0 spiro atoms. The highest BCUT2D eigenvalue weighted by molar-refractivity contribution is 6.06. The standard InChI is InChI=1S/C27H27N5O/c1-18-26(31(2)30-29-18)21-16-24-25(28-17-21)22-10-6-7-11-23(22)32(24)27(19-8-4-3-5-9-19)20-12-14-33-15-13-20/h3-11,16-17,20,27H,12-15H2,1-2H3. The number of pyridine rings is 1. The second-order valence-corrected chi connectivity index (χ2v) is 8.93. The fourth-order valence-corrected chi connectivity index (χ4v) is 5.46. The molecular weight excluding hydrogens is 410 g/mol. The summed E-state index contributed by atoms with van der Waals surface area (Å²) in [6, 6.07) is 22.0. The normalized spacial score (nSPS) is 15.9. The molecule has 0 N–H and O–H groups in total. The summed E-state index contributed by atoms with van der Waals surface area (Å²) in [4.78, 5) is 4.97. The van der Waals surface area contributed by atoms with Gasteiger partial charge in [0.2, 0.25) is 0 Å². The molecule has 33 heavy (non-hydrogen) atoms. The van der Waals surface area contributed by atoms with Gasteiger partial charge in [-0.15, -0.1) is 5.10 Å². The van der Waals surface area contributed by atoms with Crippen molar-refractivity contribution in [2.45, 2.75) is 25.8 Å². The monoisotopic (exact) mass is 437 g/mol. The Morgan fingerprint density at radius 3 is 2.48 bits per heavy atom. The maximum Gasteiger partial charge on any atom is 0.0960 e. The van der Waals surface area contributed by atoms with E-state index in [0.717, 1.165) is 54.0 Å². The fourth-order valence-electron chi connectivity index (χ4n) is 5.46. The smallest absolute Gasteiger partial charge is 0.0960 e. The SMILES string of the molecule is Cc1nnn(C)c1-c1cnc2c3ccccc3n(C(c3ccccc3)C3CCOCC3)c2c1. The average Bonchev–Trinajstić information content (AvgIpc) is 3.37. The van der Waals surface area contributed by atoms with Crippen LogP contribution in [0.4, 0.5) is 0 Å². The number of hydrogen-bond donors (Lipinski definition) is 0. The molecule has 1 fully saturated rings. The van der Waals surface area contributed by atoms with Crippen molar-refractivity contribution in [3.63, 3.8) is 0 Å². The number of benzene rings is 2. The highest BCUT2D eigenvalue weighted by atomic mass is 16.5. The maximum absolute atomic E-state index is 5.73. The van der Waals surface area contributed by atoms with Gasteiger partial charge in [-0.1, -0.05) is 53.7 Å². The summed E-state index contributed by atoms with van der Waals surface area (Å²) in [7, 11) is 1.93. The van der Waals surface area contributed by atoms with Gasteiger partial charge in [-0.3, -0.25) is 4.98 Å². The Morgan fingerprint density at radius 1 is 0.970 bits per heavy atom. The van der Waals surface area contributed by atoms with Crippen LogP contribution in [0.3, 0.4) is 0 Å². The third-order valence-corrected chi connectivity index (χ3v) is 6.95. The number of hydrogen-bond acceptors (Lipinski definition) is 4. The number of nitrogens with zero attached hydrogens (tertiary/aromatic N) is 5. The highest BCUT2D eigenvalue weighted by Crippen LogP contribution is 2.41. The van der Waals surface area contributed by atoms with Crippen molar-refractivity contribution in [3.05, 3.63) is 78.1 Å². The predicted molar refractivity (Wildman–Crippen MR) is 130 cm³/mol. The molecule has 0 radical (unpaired) electrons. The Morgan fingerprint density at radius 2 is 1.73 bits per heavy atom. The van der Waals surface area contributed by atoms with Gasteiger partial charge < -0.3 is 9.30 Å². The molecule has 0 amide bonds. The van der Waals surface area contributed by atoms with Crippen LogP contribution in [0.15, 0.2) is 66.9 Å². The van der Waals surface area contributed by atoms with Gasteiger partial charge in [0.25, 0.3) is 0 Å². The molecule has 0 aliphatic carbocycles. The zero-order chi connectivity index (χ0) is 22.4. The zero-order valence-corrected chi connectivity index (χ0v) is 19.0. The summed E-state index contributed by atoms with van der Waals surface area (Å²) < 4.78 is 10.1. The van der Waals surface area contributed by atoms with Gasteiger partial charge in [0, 0.05) is 37.4 Å². The number of aryl methyl sites for hydroxylation is 2.